The van der Waals surface area contributed by atoms with Crippen molar-refractivity contribution in [2.45, 2.75) is 19.7 Å². The molecule has 0 aliphatic carbocycles. The van der Waals surface area contributed by atoms with Crippen molar-refractivity contribution in [1.29, 1.82) is 0 Å². The molecule has 0 aromatic heterocycles. The minimum absolute atomic E-state index is 0.224. The zero-order chi connectivity index (χ0) is 29.2. The molecule has 1 fully saturated rings. The molecule has 1 aliphatic rings. The van der Waals surface area contributed by atoms with E-state index in [0.717, 1.165) is 16.1 Å². The first-order chi connectivity index (χ1) is 18.9. The van der Waals surface area contributed by atoms with Crippen molar-refractivity contribution >= 4 is 73.1 Å². The van der Waals surface area contributed by atoms with E-state index in [1.165, 1.54) is 12.1 Å². The number of urea groups is 1. The number of carbonyl (C=O) groups excluding carboxylic acids is 3. The third-order valence-corrected chi connectivity index (χ3v) is 6.99. The van der Waals surface area contributed by atoms with E-state index in [0.29, 0.717) is 38.6 Å². The highest BCUT2D eigenvalue weighted by Crippen LogP contribution is 2.39. The topological polar surface area (TPSA) is 84.9 Å². The summed E-state index contributed by atoms with van der Waals surface area (Å²) < 4.78 is 52.9. The number of benzene rings is 3. The first-order valence-corrected chi connectivity index (χ1v) is 13.5. The van der Waals surface area contributed by atoms with Crippen LogP contribution in [0.3, 0.4) is 0 Å². The number of hydrogen-bond donors (Lipinski definition) is 1. The van der Waals surface area contributed by atoms with Crippen LogP contribution < -0.4 is 19.7 Å². The SMILES string of the molecule is CCOc1cc(/C=C2\C(=O)NC(=O)N(c3cc(C(F)(F)F)ccc3Cl)C2=O)cc(Br)c1OCc1ccc(Br)cc1. The first-order valence-electron chi connectivity index (χ1n) is 11.5. The van der Waals surface area contributed by atoms with Crippen molar-refractivity contribution < 1.29 is 37.0 Å². The maximum atomic E-state index is 13.3. The standard InChI is InChI=1S/C27H18Br2ClF3N2O5/c1-2-39-22-11-15(10-19(29)23(22)40-13-14-3-6-17(28)7-4-14)9-18-24(36)34-26(38)35(25(18)37)21-12-16(27(31,32)33)5-8-20(21)30/h3-12H,2,13H2,1H3,(H,34,36,38)/b18-9+. The summed E-state index contributed by atoms with van der Waals surface area (Å²) in [5.74, 6) is -1.50. The molecule has 0 radical (unpaired) electrons. The van der Waals surface area contributed by atoms with Gasteiger partial charge >= 0.3 is 12.2 Å². The van der Waals surface area contributed by atoms with Gasteiger partial charge in [0.2, 0.25) is 0 Å². The number of rotatable bonds is 7. The Balaban J connectivity index is 1.69. The summed E-state index contributed by atoms with van der Waals surface area (Å²) in [6.07, 6.45) is -3.57. The Labute approximate surface area is 248 Å². The van der Waals surface area contributed by atoms with Gasteiger partial charge in [-0.3, -0.25) is 14.9 Å². The molecule has 1 saturated heterocycles. The van der Waals surface area contributed by atoms with Crippen molar-refractivity contribution in [3.8, 4) is 11.5 Å². The Morgan fingerprint density at radius 2 is 1.70 bits per heavy atom. The predicted molar refractivity (Wildman–Crippen MR) is 149 cm³/mol. The number of halogens is 6. The van der Waals surface area contributed by atoms with Crippen LogP contribution in [0.15, 0.2) is 69.1 Å². The minimum Gasteiger partial charge on any atom is -0.490 e. The number of nitrogens with one attached hydrogen (secondary N) is 1. The summed E-state index contributed by atoms with van der Waals surface area (Å²) in [5.41, 5.74) is -0.948. The first kappa shape index (κ1) is 29.6. The van der Waals surface area contributed by atoms with Crippen molar-refractivity contribution in [1.82, 2.24) is 5.32 Å². The van der Waals surface area contributed by atoms with E-state index in [2.05, 4.69) is 31.9 Å². The molecule has 40 heavy (non-hydrogen) atoms. The van der Waals surface area contributed by atoms with Gasteiger partial charge in [-0.1, -0.05) is 39.7 Å². The van der Waals surface area contributed by atoms with E-state index in [1.807, 2.05) is 29.6 Å². The van der Waals surface area contributed by atoms with Crippen LogP contribution in [-0.2, 0) is 22.4 Å². The fourth-order valence-electron chi connectivity index (χ4n) is 3.71. The lowest BCUT2D eigenvalue weighted by molar-refractivity contribution is -0.137. The van der Waals surface area contributed by atoms with Crippen LogP contribution in [-0.4, -0.2) is 24.5 Å². The molecule has 7 nitrogen and oxygen atoms in total. The van der Waals surface area contributed by atoms with E-state index >= 15 is 0 Å². The van der Waals surface area contributed by atoms with E-state index in [9.17, 15) is 27.6 Å². The number of hydrogen-bond acceptors (Lipinski definition) is 5. The number of nitrogens with zero attached hydrogens (tertiary/aromatic N) is 1. The van der Waals surface area contributed by atoms with Crippen molar-refractivity contribution in [3.05, 3.63) is 90.8 Å². The minimum atomic E-state index is -4.76. The quantitative estimate of drug-likeness (QED) is 0.203. The van der Waals surface area contributed by atoms with E-state index < -0.39 is 40.8 Å². The molecule has 4 rings (SSSR count). The second-order valence-corrected chi connectivity index (χ2v) is 10.5. The molecule has 1 N–H and O–H groups in total. The number of alkyl halides is 3. The maximum absolute atomic E-state index is 13.3. The third-order valence-electron chi connectivity index (χ3n) is 5.56. The maximum Gasteiger partial charge on any atom is 0.416 e. The molecule has 0 unspecified atom stereocenters. The summed E-state index contributed by atoms with van der Waals surface area (Å²) in [6.45, 7) is 2.26. The van der Waals surface area contributed by atoms with Gasteiger partial charge in [0.15, 0.2) is 11.5 Å². The number of amides is 4. The lowest BCUT2D eigenvalue weighted by Gasteiger charge is -2.27. The number of imide groups is 2. The Bertz CT molecular complexity index is 1530. The average Bonchev–Trinajstić information content (AvgIpc) is 2.87. The highest BCUT2D eigenvalue weighted by Gasteiger charge is 2.39. The Morgan fingerprint density at radius 1 is 1.00 bits per heavy atom. The zero-order valence-corrected chi connectivity index (χ0v) is 24.4. The smallest absolute Gasteiger partial charge is 0.416 e. The normalized spacial score (nSPS) is 14.9. The summed E-state index contributed by atoms with van der Waals surface area (Å²) in [7, 11) is 0. The molecule has 4 amide bonds. The molecule has 0 bridgehead atoms. The van der Waals surface area contributed by atoms with Gasteiger partial charge in [0.25, 0.3) is 11.8 Å². The van der Waals surface area contributed by atoms with Gasteiger partial charge in [-0.2, -0.15) is 13.2 Å². The molecule has 1 aliphatic heterocycles. The molecule has 0 atom stereocenters. The highest BCUT2D eigenvalue weighted by molar-refractivity contribution is 9.10. The molecule has 0 saturated carbocycles. The lowest BCUT2D eigenvalue weighted by atomic mass is 10.1. The summed E-state index contributed by atoms with van der Waals surface area (Å²) in [4.78, 5) is 38.8. The van der Waals surface area contributed by atoms with Crippen LogP contribution in [0.4, 0.5) is 23.7 Å². The van der Waals surface area contributed by atoms with Gasteiger partial charge < -0.3 is 9.47 Å². The van der Waals surface area contributed by atoms with Crippen molar-refractivity contribution in [2.24, 2.45) is 0 Å². The summed E-state index contributed by atoms with van der Waals surface area (Å²) in [6, 6.07) is 11.6. The molecule has 0 spiro atoms. The van der Waals surface area contributed by atoms with Gasteiger partial charge in [0.05, 0.1) is 27.4 Å². The van der Waals surface area contributed by atoms with E-state index in [4.69, 9.17) is 21.1 Å². The molecule has 208 valence electrons. The summed E-state index contributed by atoms with van der Waals surface area (Å²) >= 11 is 12.8. The number of ether oxygens (including phenoxy) is 2. The molecule has 3 aromatic rings. The molecule has 13 heteroatoms. The van der Waals surface area contributed by atoms with Crippen LogP contribution in [0.2, 0.25) is 5.02 Å². The van der Waals surface area contributed by atoms with Gasteiger partial charge in [-0.15, -0.1) is 0 Å². The monoisotopic (exact) mass is 700 g/mol. The van der Waals surface area contributed by atoms with Crippen LogP contribution in [0.1, 0.15) is 23.6 Å². The van der Waals surface area contributed by atoms with Gasteiger partial charge in [-0.05, 0) is 82.5 Å². The largest absolute Gasteiger partial charge is 0.490 e. The predicted octanol–water partition coefficient (Wildman–Crippen LogP) is 7.53. The van der Waals surface area contributed by atoms with E-state index in [-0.39, 0.29) is 18.2 Å². The fraction of sp³-hybridized carbons (Fsp3) is 0.148. The van der Waals surface area contributed by atoms with Crippen LogP contribution in [0.5, 0.6) is 11.5 Å². The average molecular weight is 703 g/mol. The number of barbiturate groups is 1. The lowest BCUT2D eigenvalue weighted by Crippen LogP contribution is -2.54. The van der Waals surface area contributed by atoms with Crippen LogP contribution >= 0.6 is 43.5 Å². The van der Waals surface area contributed by atoms with Gasteiger partial charge in [0.1, 0.15) is 12.2 Å². The van der Waals surface area contributed by atoms with Crippen molar-refractivity contribution in [3.63, 3.8) is 0 Å². The molecular weight excluding hydrogens is 685 g/mol. The number of carbonyl (C=O) groups is 3. The second kappa shape index (κ2) is 12.0. The molecule has 1 heterocycles. The fourth-order valence-corrected chi connectivity index (χ4v) is 4.75. The number of anilines is 1. The van der Waals surface area contributed by atoms with Crippen LogP contribution in [0.25, 0.3) is 6.08 Å². The van der Waals surface area contributed by atoms with Crippen LogP contribution in [0, 0.1) is 0 Å². The van der Waals surface area contributed by atoms with Gasteiger partial charge in [-0.25, -0.2) is 9.69 Å². The highest BCUT2D eigenvalue weighted by atomic mass is 79.9. The Morgan fingerprint density at radius 3 is 2.35 bits per heavy atom. The van der Waals surface area contributed by atoms with Crippen molar-refractivity contribution in [2.75, 3.05) is 11.5 Å². The Kier molecular flexibility index (Phi) is 8.91. The van der Waals surface area contributed by atoms with E-state index in [1.54, 1.807) is 13.0 Å². The molecule has 3 aromatic carbocycles. The Hall–Kier alpha value is -3.35. The summed E-state index contributed by atoms with van der Waals surface area (Å²) in [5, 5.41) is 1.68. The third kappa shape index (κ3) is 6.51. The van der Waals surface area contributed by atoms with Gasteiger partial charge in [0, 0.05) is 4.47 Å². The molecular formula is C27H18Br2ClF3N2O5. The zero-order valence-electron chi connectivity index (χ0n) is 20.4. The second-order valence-electron chi connectivity index (χ2n) is 8.30.